The first-order valence-corrected chi connectivity index (χ1v) is 33.8. The Balaban J connectivity index is 0.000000216. The van der Waals surface area contributed by atoms with Gasteiger partial charge in [0.05, 0.1) is 44.9 Å². The fraction of sp³-hybridized carbons (Fsp3) is 0.420. The lowest BCUT2D eigenvalue weighted by Crippen LogP contribution is -2.40. The summed E-state index contributed by atoms with van der Waals surface area (Å²) in [6.07, 6.45) is 1.38. The molecule has 2 atom stereocenters. The van der Waals surface area contributed by atoms with E-state index in [1.165, 1.54) is 21.8 Å². The Kier molecular flexibility index (Phi) is 25.1. The topological polar surface area (TPSA) is 236 Å². The van der Waals surface area contributed by atoms with Crippen molar-refractivity contribution in [2.75, 3.05) is 37.2 Å². The minimum atomic E-state index is -0.922. The van der Waals surface area contributed by atoms with Gasteiger partial charge in [-0.25, -0.2) is 29.1 Å². The Hall–Kier alpha value is -8.12. The maximum atomic E-state index is 13.4. The second-order valence-electron chi connectivity index (χ2n) is 24.2. The van der Waals surface area contributed by atoms with Crippen LogP contribution in [0.3, 0.4) is 0 Å². The maximum absolute atomic E-state index is 13.4. The Labute approximate surface area is 555 Å². The van der Waals surface area contributed by atoms with Crippen molar-refractivity contribution in [2.24, 2.45) is 0 Å². The number of thiazole rings is 2. The minimum Gasteiger partial charge on any atom is -0.481 e. The Morgan fingerprint density at radius 2 is 1.01 bits per heavy atom. The van der Waals surface area contributed by atoms with E-state index in [-0.39, 0.29) is 76.7 Å². The number of anilines is 2. The summed E-state index contributed by atoms with van der Waals surface area (Å²) >= 11 is 6.28. The van der Waals surface area contributed by atoms with Gasteiger partial charge in [-0.2, -0.15) is 0 Å². The molecule has 8 aromatic rings. The number of carbonyl (C=O) groups is 6. The quantitative estimate of drug-likeness (QED) is 0.0719. The molecule has 4 N–H and O–H groups in total. The average molecular weight is 1330 g/mol. The smallest absolute Gasteiger partial charge is 0.410 e. The number of rotatable bonds is 17. The number of ether oxygens (including phenoxy) is 4. The van der Waals surface area contributed by atoms with Crippen LogP contribution in [-0.2, 0) is 67.7 Å². The highest BCUT2D eigenvalue weighted by atomic mass is 32.1. The summed E-state index contributed by atoms with van der Waals surface area (Å²) in [5.74, 6) is -1.13. The van der Waals surface area contributed by atoms with E-state index in [1.807, 2.05) is 172 Å². The van der Waals surface area contributed by atoms with Gasteiger partial charge in [0, 0.05) is 65.6 Å². The number of amides is 5. The summed E-state index contributed by atoms with van der Waals surface area (Å²) in [4.78, 5) is 92.8. The van der Waals surface area contributed by atoms with Crippen molar-refractivity contribution in [3.05, 3.63) is 141 Å². The van der Waals surface area contributed by atoms with E-state index in [9.17, 15) is 28.8 Å². The van der Waals surface area contributed by atoms with Crippen molar-refractivity contribution in [1.82, 2.24) is 29.6 Å². The number of hydrogen-bond donors (Lipinski definition) is 3. The molecule has 92 heavy (non-hydrogen) atoms. The van der Waals surface area contributed by atoms with Crippen LogP contribution in [-0.4, -0.2) is 120 Å². The molecule has 0 bridgehead atoms. The van der Waals surface area contributed by atoms with E-state index in [0.29, 0.717) is 37.6 Å². The highest BCUT2D eigenvalue weighted by Gasteiger charge is 2.34. The zero-order valence-corrected chi connectivity index (χ0v) is 56.6. The lowest BCUT2D eigenvalue weighted by Gasteiger charge is -2.30. The van der Waals surface area contributed by atoms with Crippen LogP contribution in [0, 0.1) is 0 Å². The summed E-state index contributed by atoms with van der Waals surface area (Å²) in [7, 11) is 0. The van der Waals surface area contributed by atoms with Crippen molar-refractivity contribution in [2.45, 2.75) is 165 Å². The molecular weight excluding hydrogens is 1250 g/mol. The van der Waals surface area contributed by atoms with Crippen molar-refractivity contribution < 1.29 is 52.8 Å². The molecule has 0 radical (unpaired) electrons. The zero-order chi connectivity index (χ0) is 65.6. The van der Waals surface area contributed by atoms with Gasteiger partial charge < -0.3 is 54.7 Å². The third-order valence-corrected chi connectivity index (χ3v) is 19.3. The van der Waals surface area contributed by atoms with E-state index in [4.69, 9.17) is 39.8 Å². The molecule has 0 fully saturated rings. The van der Waals surface area contributed by atoms with Gasteiger partial charge in [0.2, 0.25) is 5.91 Å². The SMILES string of the molecule is C.CC(C)(C)OC(=O)N1CCc2c(sc(N)c2-c2nc3ccccc3s2)C1.CCC(C)N(CCC(=O)Nc1sc2c(c1-c1nc3ccccc3s1)CCN(C(=O)OC(C)(C)C)C2)C(=O)OCc1ccccc1.CCC(C)N(CCC(=O)O)C(=O)OCc1ccccc1. The van der Waals surface area contributed by atoms with E-state index in [1.54, 1.807) is 48.7 Å². The first-order valence-electron chi connectivity index (χ1n) is 30.6. The first-order chi connectivity index (χ1) is 43.4. The number of benzene rings is 4. The van der Waals surface area contributed by atoms with Crippen molar-refractivity contribution in [3.8, 4) is 21.1 Å². The van der Waals surface area contributed by atoms with Crippen LogP contribution in [0.2, 0.25) is 0 Å². The van der Waals surface area contributed by atoms with E-state index >= 15 is 0 Å². The molecule has 0 saturated heterocycles. The molecule has 2 unspecified atom stereocenters. The van der Waals surface area contributed by atoms with Crippen LogP contribution >= 0.6 is 45.3 Å². The van der Waals surface area contributed by atoms with Crippen LogP contribution in [0.15, 0.2) is 109 Å². The van der Waals surface area contributed by atoms with Crippen molar-refractivity contribution in [1.29, 1.82) is 0 Å². The van der Waals surface area contributed by atoms with Gasteiger partial charge in [-0.1, -0.05) is 106 Å². The van der Waals surface area contributed by atoms with Gasteiger partial charge in [0.25, 0.3) is 0 Å². The molecule has 6 heterocycles. The standard InChI is InChI=1S/C34H40N4O5S2.C19H21N3O2S2.C15H21NO4.CH4/c1-6-22(2)38(33(41)42-21-23-12-8-7-9-13-23)19-17-28(39)36-31-29(30-35-25-14-10-11-15-26(25)44-30)24-16-18-37(20-27(24)45-31)32(40)43-34(3,4)5;1-19(2,3)24-18(23)22-9-8-11-14(10-22)25-16(20)15(11)17-21-12-6-4-5-7-13(12)26-17;1-3-12(2)16(10-9-14(17)18)15(19)20-11-13-7-5-4-6-8-13;/h7-15,22H,6,16-21H2,1-5H3,(H,36,39);4-7H,8-10,20H2,1-3H3;4-8,12H,3,9-11H2,1-2H3,(H,17,18);1H4. The van der Waals surface area contributed by atoms with E-state index in [0.717, 1.165) is 92.3 Å². The van der Waals surface area contributed by atoms with E-state index < -0.39 is 29.4 Å². The van der Waals surface area contributed by atoms with Crippen molar-refractivity contribution >= 4 is 112 Å². The number of thiophene rings is 2. The minimum absolute atomic E-state index is 0. The third kappa shape index (κ3) is 19.5. The summed E-state index contributed by atoms with van der Waals surface area (Å²) in [5, 5.41) is 15.1. The normalized spacial score (nSPS) is 13.3. The monoisotopic (exact) mass is 1330 g/mol. The Bertz CT molecular complexity index is 3730. The fourth-order valence-electron chi connectivity index (χ4n) is 9.96. The van der Waals surface area contributed by atoms with Gasteiger partial charge in [0.1, 0.15) is 39.4 Å². The van der Waals surface area contributed by atoms with Crippen LogP contribution in [0.1, 0.15) is 134 Å². The predicted octanol–water partition coefficient (Wildman–Crippen LogP) is 16.5. The number of carbonyl (C=O) groups excluding carboxylic acids is 5. The third-order valence-electron chi connectivity index (χ3n) is 15.0. The largest absolute Gasteiger partial charge is 0.481 e. The second kappa shape index (κ2) is 32.4. The van der Waals surface area contributed by atoms with Gasteiger partial charge >= 0.3 is 30.3 Å². The molecule has 4 aromatic heterocycles. The highest BCUT2D eigenvalue weighted by molar-refractivity contribution is 7.23. The van der Waals surface area contributed by atoms with Gasteiger partial charge in [-0.05, 0) is 128 Å². The molecule has 0 saturated carbocycles. The summed E-state index contributed by atoms with van der Waals surface area (Å²) < 4.78 is 24.2. The number of fused-ring (bicyclic) bond motifs is 4. The maximum Gasteiger partial charge on any atom is 0.410 e. The van der Waals surface area contributed by atoms with Crippen LogP contribution in [0.25, 0.3) is 41.6 Å². The van der Waals surface area contributed by atoms with Crippen molar-refractivity contribution in [3.63, 3.8) is 0 Å². The van der Waals surface area contributed by atoms with E-state index in [2.05, 4.69) is 11.4 Å². The molecule has 19 nitrogen and oxygen atoms in total. The molecule has 0 aliphatic carbocycles. The predicted molar refractivity (Wildman–Crippen MR) is 369 cm³/mol. The number of nitrogens with one attached hydrogen (secondary N) is 1. The molecule has 492 valence electrons. The highest BCUT2D eigenvalue weighted by Crippen LogP contribution is 2.47. The molecule has 4 aromatic carbocycles. The van der Waals surface area contributed by atoms with Gasteiger partial charge in [0.15, 0.2) is 0 Å². The number of para-hydroxylation sites is 2. The fourth-order valence-corrected chi connectivity index (χ4v) is 14.6. The molecule has 10 rings (SSSR count). The number of nitrogen functional groups attached to an aromatic ring is 1. The summed E-state index contributed by atoms with van der Waals surface area (Å²) in [5.41, 5.74) is 13.3. The van der Waals surface area contributed by atoms with Crippen LogP contribution < -0.4 is 11.1 Å². The van der Waals surface area contributed by atoms with Crippen LogP contribution in [0.4, 0.5) is 29.2 Å². The molecule has 23 heteroatoms. The number of nitrogens with two attached hydrogens (primary N) is 1. The Morgan fingerprint density at radius 3 is 1.45 bits per heavy atom. The second-order valence-corrected chi connectivity index (χ2v) is 28.5. The van der Waals surface area contributed by atoms with Gasteiger partial charge in [-0.15, -0.1) is 45.3 Å². The summed E-state index contributed by atoms with van der Waals surface area (Å²) in [6.45, 7) is 21.9. The number of carboxylic acid groups (broad SMARTS) is 1. The number of carboxylic acids is 1. The molecule has 2 aliphatic heterocycles. The first kappa shape index (κ1) is 71.3. The average Bonchev–Trinajstić information content (AvgIpc) is 1.62. The molecular formula is C69H86N8O11S4. The number of hydrogen-bond acceptors (Lipinski definition) is 17. The molecule has 5 amide bonds. The molecule has 2 aliphatic rings. The molecule has 0 spiro atoms. The summed E-state index contributed by atoms with van der Waals surface area (Å²) in [6, 6.07) is 34.9. The number of nitrogens with zero attached hydrogens (tertiary/aromatic N) is 6. The number of aliphatic carboxylic acids is 1. The lowest BCUT2D eigenvalue weighted by molar-refractivity contribution is -0.137. The lowest BCUT2D eigenvalue weighted by atomic mass is 10.0. The zero-order valence-electron chi connectivity index (χ0n) is 53.4. The Morgan fingerprint density at radius 1 is 0.598 bits per heavy atom. The van der Waals surface area contributed by atoms with Crippen LogP contribution in [0.5, 0.6) is 0 Å². The number of aromatic nitrogens is 2. The van der Waals surface area contributed by atoms with Gasteiger partial charge in [-0.3, -0.25) is 9.59 Å².